The molecule has 1 fully saturated rings. The predicted molar refractivity (Wildman–Crippen MR) is 52.3 cm³/mol. The average Bonchev–Trinajstić information content (AvgIpc) is 2.90. The fourth-order valence-electron chi connectivity index (χ4n) is 1.17. The summed E-state index contributed by atoms with van der Waals surface area (Å²) in [5.74, 6) is 0.792. The second kappa shape index (κ2) is 4.24. The maximum Gasteiger partial charge on any atom is 0.0437 e. The third-order valence-corrected chi connectivity index (χ3v) is 1.91. The SMILES string of the molecule is CC.Cc1cccc(C2CC2)n1. The van der Waals surface area contributed by atoms with Gasteiger partial charge < -0.3 is 0 Å². The van der Waals surface area contributed by atoms with E-state index in [-0.39, 0.29) is 0 Å². The third-order valence-electron chi connectivity index (χ3n) is 1.91. The van der Waals surface area contributed by atoms with Gasteiger partial charge in [0.25, 0.3) is 0 Å². The molecule has 1 aromatic heterocycles. The van der Waals surface area contributed by atoms with E-state index in [1.807, 2.05) is 26.8 Å². The zero-order valence-corrected chi connectivity index (χ0v) is 8.17. The highest BCUT2D eigenvalue weighted by molar-refractivity contribution is 5.17. The van der Waals surface area contributed by atoms with Gasteiger partial charge in [-0.2, -0.15) is 0 Å². The number of rotatable bonds is 1. The van der Waals surface area contributed by atoms with Crippen molar-refractivity contribution in [3.05, 3.63) is 29.6 Å². The number of aryl methyl sites for hydroxylation is 1. The van der Waals surface area contributed by atoms with Crippen LogP contribution in [0.5, 0.6) is 0 Å². The van der Waals surface area contributed by atoms with Gasteiger partial charge in [0.15, 0.2) is 0 Å². The average molecular weight is 163 g/mol. The maximum absolute atomic E-state index is 4.44. The van der Waals surface area contributed by atoms with E-state index < -0.39 is 0 Å². The summed E-state index contributed by atoms with van der Waals surface area (Å²) in [6.07, 6.45) is 2.69. The number of hydrogen-bond acceptors (Lipinski definition) is 1. The zero-order chi connectivity index (χ0) is 8.97. The van der Waals surface area contributed by atoms with Crippen LogP contribution < -0.4 is 0 Å². The standard InChI is InChI=1S/C9H11N.C2H6/c1-7-3-2-4-9(10-7)8-5-6-8;1-2/h2-4,8H,5-6H2,1H3;1-2H3. The van der Waals surface area contributed by atoms with Crippen molar-refractivity contribution in [2.24, 2.45) is 0 Å². The topological polar surface area (TPSA) is 12.9 Å². The van der Waals surface area contributed by atoms with Gasteiger partial charge in [0, 0.05) is 17.3 Å². The van der Waals surface area contributed by atoms with E-state index in [1.54, 1.807) is 0 Å². The molecule has 1 heterocycles. The first-order chi connectivity index (χ1) is 5.86. The van der Waals surface area contributed by atoms with Crippen molar-refractivity contribution in [3.8, 4) is 0 Å². The summed E-state index contributed by atoms with van der Waals surface area (Å²) in [5.41, 5.74) is 2.43. The second-order valence-electron chi connectivity index (χ2n) is 2.98. The smallest absolute Gasteiger partial charge is 0.0437 e. The molecule has 1 aliphatic rings. The largest absolute Gasteiger partial charge is 0.258 e. The molecular weight excluding hydrogens is 146 g/mol. The Hall–Kier alpha value is -0.850. The molecule has 0 bridgehead atoms. The summed E-state index contributed by atoms with van der Waals surface area (Å²) in [6, 6.07) is 6.27. The molecule has 0 N–H and O–H groups in total. The van der Waals surface area contributed by atoms with Gasteiger partial charge in [-0.15, -0.1) is 0 Å². The molecule has 1 heteroatoms. The van der Waals surface area contributed by atoms with Crippen molar-refractivity contribution in [2.45, 2.75) is 39.5 Å². The Bertz CT molecular complexity index is 239. The minimum absolute atomic E-state index is 0.792. The number of pyridine rings is 1. The molecule has 0 atom stereocenters. The van der Waals surface area contributed by atoms with Crippen LogP contribution in [0.1, 0.15) is 44.0 Å². The summed E-state index contributed by atoms with van der Waals surface area (Å²) in [7, 11) is 0. The van der Waals surface area contributed by atoms with Crippen molar-refractivity contribution < 1.29 is 0 Å². The molecule has 0 unspecified atom stereocenters. The Morgan fingerprint density at radius 2 is 1.92 bits per heavy atom. The predicted octanol–water partition coefficient (Wildman–Crippen LogP) is 3.29. The molecule has 0 aromatic carbocycles. The lowest BCUT2D eigenvalue weighted by atomic mass is 10.2. The molecule has 66 valence electrons. The van der Waals surface area contributed by atoms with Gasteiger partial charge in [0.05, 0.1) is 0 Å². The Morgan fingerprint density at radius 3 is 2.42 bits per heavy atom. The molecule has 0 saturated heterocycles. The molecule has 0 amide bonds. The summed E-state index contributed by atoms with van der Waals surface area (Å²) in [5, 5.41) is 0. The van der Waals surface area contributed by atoms with Crippen LogP contribution in [0.4, 0.5) is 0 Å². The summed E-state index contributed by atoms with van der Waals surface area (Å²) >= 11 is 0. The van der Waals surface area contributed by atoms with Crippen LogP contribution in [0.15, 0.2) is 18.2 Å². The quantitative estimate of drug-likeness (QED) is 0.619. The van der Waals surface area contributed by atoms with Crippen molar-refractivity contribution in [3.63, 3.8) is 0 Å². The molecule has 1 nitrogen and oxygen atoms in total. The fourth-order valence-corrected chi connectivity index (χ4v) is 1.17. The van der Waals surface area contributed by atoms with E-state index in [4.69, 9.17) is 0 Å². The lowest BCUT2D eigenvalue weighted by molar-refractivity contribution is 0.995. The Morgan fingerprint density at radius 1 is 1.25 bits per heavy atom. The van der Waals surface area contributed by atoms with Gasteiger partial charge in [0.1, 0.15) is 0 Å². The molecule has 1 aliphatic carbocycles. The van der Waals surface area contributed by atoms with Gasteiger partial charge in [-0.1, -0.05) is 19.9 Å². The second-order valence-corrected chi connectivity index (χ2v) is 2.98. The maximum atomic E-state index is 4.44. The summed E-state index contributed by atoms with van der Waals surface area (Å²) in [4.78, 5) is 4.44. The number of aromatic nitrogens is 1. The van der Waals surface area contributed by atoms with Gasteiger partial charge in [-0.05, 0) is 31.9 Å². The molecule has 2 rings (SSSR count). The van der Waals surface area contributed by atoms with E-state index in [2.05, 4.69) is 17.1 Å². The van der Waals surface area contributed by atoms with E-state index in [0.29, 0.717) is 0 Å². The highest BCUT2D eigenvalue weighted by atomic mass is 14.7. The minimum atomic E-state index is 0.792. The van der Waals surface area contributed by atoms with Crippen LogP contribution in [0.3, 0.4) is 0 Å². The molecule has 0 radical (unpaired) electrons. The third kappa shape index (κ3) is 2.33. The van der Waals surface area contributed by atoms with Gasteiger partial charge in [0.2, 0.25) is 0 Å². The molecular formula is C11H17N. The van der Waals surface area contributed by atoms with Crippen LogP contribution in [0.25, 0.3) is 0 Å². The van der Waals surface area contributed by atoms with Gasteiger partial charge in [-0.3, -0.25) is 4.98 Å². The Kier molecular flexibility index (Phi) is 3.27. The summed E-state index contributed by atoms with van der Waals surface area (Å²) < 4.78 is 0. The van der Waals surface area contributed by atoms with Crippen molar-refractivity contribution in [2.75, 3.05) is 0 Å². The van der Waals surface area contributed by atoms with Gasteiger partial charge in [-0.25, -0.2) is 0 Å². The first-order valence-electron chi connectivity index (χ1n) is 4.80. The highest BCUT2D eigenvalue weighted by Crippen LogP contribution is 2.38. The van der Waals surface area contributed by atoms with Crippen LogP contribution in [0, 0.1) is 6.92 Å². The molecule has 0 aliphatic heterocycles. The summed E-state index contributed by atoms with van der Waals surface area (Å²) in [6.45, 7) is 6.05. The lowest BCUT2D eigenvalue weighted by Gasteiger charge is -1.96. The molecule has 0 spiro atoms. The zero-order valence-electron chi connectivity index (χ0n) is 8.17. The Labute approximate surface area is 74.8 Å². The van der Waals surface area contributed by atoms with Crippen molar-refractivity contribution >= 4 is 0 Å². The molecule has 1 saturated carbocycles. The van der Waals surface area contributed by atoms with Crippen molar-refractivity contribution in [1.29, 1.82) is 0 Å². The van der Waals surface area contributed by atoms with Crippen LogP contribution in [-0.4, -0.2) is 4.98 Å². The monoisotopic (exact) mass is 163 g/mol. The normalized spacial score (nSPS) is 14.9. The van der Waals surface area contributed by atoms with E-state index >= 15 is 0 Å². The van der Waals surface area contributed by atoms with Gasteiger partial charge >= 0.3 is 0 Å². The first-order valence-corrected chi connectivity index (χ1v) is 4.80. The number of nitrogens with zero attached hydrogens (tertiary/aromatic N) is 1. The lowest BCUT2D eigenvalue weighted by Crippen LogP contribution is -1.86. The first kappa shape index (κ1) is 9.24. The Balaban J connectivity index is 0.000000336. The van der Waals surface area contributed by atoms with Crippen LogP contribution in [0.2, 0.25) is 0 Å². The van der Waals surface area contributed by atoms with E-state index in [9.17, 15) is 0 Å². The minimum Gasteiger partial charge on any atom is -0.258 e. The fraction of sp³-hybridized carbons (Fsp3) is 0.545. The van der Waals surface area contributed by atoms with Crippen LogP contribution >= 0.6 is 0 Å². The van der Waals surface area contributed by atoms with E-state index in [1.165, 1.54) is 18.5 Å². The van der Waals surface area contributed by atoms with Crippen molar-refractivity contribution in [1.82, 2.24) is 4.98 Å². The number of hydrogen-bond donors (Lipinski definition) is 0. The van der Waals surface area contributed by atoms with E-state index in [0.717, 1.165) is 11.6 Å². The molecule has 1 aromatic rings. The highest BCUT2D eigenvalue weighted by Gasteiger charge is 2.24. The van der Waals surface area contributed by atoms with Crippen LogP contribution in [-0.2, 0) is 0 Å². The molecule has 12 heavy (non-hydrogen) atoms.